The van der Waals surface area contributed by atoms with E-state index in [-0.39, 0.29) is 6.10 Å². The molecular formula is C10H20O3. The lowest BCUT2D eigenvalue weighted by atomic mass is 10.0. The number of carboxylic acids is 1. The molecule has 0 heterocycles. The SMILES string of the molecule is CCCCOC(CC)C(C)C(=O)O. The zero-order valence-electron chi connectivity index (χ0n) is 8.75. The molecule has 0 aromatic rings. The van der Waals surface area contributed by atoms with Crippen LogP contribution in [0.5, 0.6) is 0 Å². The zero-order chi connectivity index (χ0) is 10.3. The highest BCUT2D eigenvalue weighted by Gasteiger charge is 2.22. The van der Waals surface area contributed by atoms with Crippen molar-refractivity contribution in [2.24, 2.45) is 5.92 Å². The van der Waals surface area contributed by atoms with Gasteiger partial charge in [-0.15, -0.1) is 0 Å². The number of aliphatic carboxylic acids is 1. The summed E-state index contributed by atoms with van der Waals surface area (Å²) in [6.45, 7) is 6.41. The molecule has 0 fully saturated rings. The van der Waals surface area contributed by atoms with Gasteiger partial charge in [-0.1, -0.05) is 20.3 Å². The molecule has 2 unspecified atom stereocenters. The molecule has 78 valence electrons. The minimum atomic E-state index is -0.775. The topological polar surface area (TPSA) is 46.5 Å². The van der Waals surface area contributed by atoms with E-state index in [9.17, 15) is 4.79 Å². The molecule has 0 aromatic heterocycles. The summed E-state index contributed by atoms with van der Waals surface area (Å²) >= 11 is 0. The summed E-state index contributed by atoms with van der Waals surface area (Å²) in [7, 11) is 0. The first-order chi connectivity index (χ1) is 6.13. The van der Waals surface area contributed by atoms with E-state index in [4.69, 9.17) is 9.84 Å². The number of ether oxygens (including phenoxy) is 1. The molecule has 0 saturated heterocycles. The van der Waals surface area contributed by atoms with Gasteiger partial charge in [-0.05, 0) is 19.8 Å². The van der Waals surface area contributed by atoms with Crippen LogP contribution in [0, 0.1) is 5.92 Å². The van der Waals surface area contributed by atoms with E-state index in [1.807, 2.05) is 6.92 Å². The summed E-state index contributed by atoms with van der Waals surface area (Å²) in [4.78, 5) is 10.7. The molecule has 0 aliphatic rings. The van der Waals surface area contributed by atoms with Crippen LogP contribution in [0.1, 0.15) is 40.0 Å². The second kappa shape index (κ2) is 6.89. The summed E-state index contributed by atoms with van der Waals surface area (Å²) in [5, 5.41) is 8.76. The number of carbonyl (C=O) groups is 1. The van der Waals surface area contributed by atoms with Gasteiger partial charge in [0.2, 0.25) is 0 Å². The van der Waals surface area contributed by atoms with Gasteiger partial charge in [0.05, 0.1) is 12.0 Å². The van der Waals surface area contributed by atoms with Crippen molar-refractivity contribution < 1.29 is 14.6 Å². The van der Waals surface area contributed by atoms with Crippen molar-refractivity contribution >= 4 is 5.97 Å². The monoisotopic (exact) mass is 188 g/mol. The van der Waals surface area contributed by atoms with Gasteiger partial charge in [-0.25, -0.2) is 0 Å². The Bertz CT molecular complexity index is 145. The summed E-state index contributed by atoms with van der Waals surface area (Å²) in [5.41, 5.74) is 0. The standard InChI is InChI=1S/C10H20O3/c1-4-6-7-13-9(5-2)8(3)10(11)12/h8-9H,4-7H2,1-3H3,(H,11,12). The van der Waals surface area contributed by atoms with Gasteiger partial charge in [-0.2, -0.15) is 0 Å². The first-order valence-corrected chi connectivity index (χ1v) is 4.97. The number of hydrogen-bond donors (Lipinski definition) is 1. The van der Waals surface area contributed by atoms with E-state index in [0.717, 1.165) is 19.3 Å². The van der Waals surface area contributed by atoms with Gasteiger partial charge in [0.1, 0.15) is 0 Å². The van der Waals surface area contributed by atoms with Crippen molar-refractivity contribution in [1.29, 1.82) is 0 Å². The van der Waals surface area contributed by atoms with Crippen LogP contribution in [0.2, 0.25) is 0 Å². The molecular weight excluding hydrogens is 168 g/mol. The van der Waals surface area contributed by atoms with Crippen LogP contribution in [-0.4, -0.2) is 23.8 Å². The van der Waals surface area contributed by atoms with Crippen LogP contribution < -0.4 is 0 Å². The fraction of sp³-hybridized carbons (Fsp3) is 0.900. The lowest BCUT2D eigenvalue weighted by molar-refractivity contribution is -0.146. The number of carboxylic acid groups (broad SMARTS) is 1. The molecule has 0 aliphatic heterocycles. The van der Waals surface area contributed by atoms with Crippen molar-refractivity contribution in [3.8, 4) is 0 Å². The summed E-state index contributed by atoms with van der Waals surface area (Å²) in [6.07, 6.45) is 2.71. The molecule has 3 nitrogen and oxygen atoms in total. The van der Waals surface area contributed by atoms with E-state index in [0.29, 0.717) is 6.61 Å². The van der Waals surface area contributed by atoms with E-state index < -0.39 is 11.9 Å². The van der Waals surface area contributed by atoms with E-state index in [2.05, 4.69) is 6.92 Å². The summed E-state index contributed by atoms with van der Waals surface area (Å²) in [6, 6.07) is 0. The van der Waals surface area contributed by atoms with Crippen LogP contribution >= 0.6 is 0 Å². The molecule has 0 aliphatic carbocycles. The molecule has 13 heavy (non-hydrogen) atoms. The van der Waals surface area contributed by atoms with Crippen LogP contribution in [0.25, 0.3) is 0 Å². The Hall–Kier alpha value is -0.570. The maximum absolute atomic E-state index is 10.7. The predicted molar refractivity (Wildman–Crippen MR) is 51.7 cm³/mol. The molecule has 0 amide bonds. The lowest BCUT2D eigenvalue weighted by Gasteiger charge is -2.19. The highest BCUT2D eigenvalue weighted by molar-refractivity contribution is 5.70. The second-order valence-corrected chi connectivity index (χ2v) is 3.30. The van der Waals surface area contributed by atoms with Crippen LogP contribution in [0.3, 0.4) is 0 Å². The minimum Gasteiger partial charge on any atom is -0.481 e. The van der Waals surface area contributed by atoms with Gasteiger partial charge in [0.15, 0.2) is 0 Å². The third kappa shape index (κ3) is 4.88. The van der Waals surface area contributed by atoms with Crippen molar-refractivity contribution in [1.82, 2.24) is 0 Å². The highest BCUT2D eigenvalue weighted by atomic mass is 16.5. The van der Waals surface area contributed by atoms with Crippen molar-refractivity contribution in [3.63, 3.8) is 0 Å². The minimum absolute atomic E-state index is 0.135. The molecule has 0 rings (SSSR count). The molecule has 2 atom stereocenters. The first-order valence-electron chi connectivity index (χ1n) is 4.97. The summed E-state index contributed by atoms with van der Waals surface area (Å²) < 4.78 is 5.47. The van der Waals surface area contributed by atoms with Crippen molar-refractivity contribution in [2.45, 2.75) is 46.1 Å². The molecule has 0 spiro atoms. The van der Waals surface area contributed by atoms with E-state index >= 15 is 0 Å². The van der Waals surface area contributed by atoms with Crippen molar-refractivity contribution in [2.75, 3.05) is 6.61 Å². The fourth-order valence-corrected chi connectivity index (χ4v) is 1.15. The Morgan fingerprint density at radius 1 is 1.46 bits per heavy atom. The Morgan fingerprint density at radius 2 is 2.08 bits per heavy atom. The maximum Gasteiger partial charge on any atom is 0.308 e. The Labute approximate surface area is 80.1 Å². The molecule has 0 aromatic carbocycles. The Balaban J connectivity index is 3.80. The predicted octanol–water partition coefficient (Wildman–Crippen LogP) is 2.30. The quantitative estimate of drug-likeness (QED) is 0.623. The van der Waals surface area contributed by atoms with Gasteiger partial charge >= 0.3 is 5.97 Å². The maximum atomic E-state index is 10.7. The largest absolute Gasteiger partial charge is 0.481 e. The normalized spacial score (nSPS) is 15.3. The zero-order valence-corrected chi connectivity index (χ0v) is 8.75. The lowest BCUT2D eigenvalue weighted by Crippen LogP contribution is -2.28. The summed E-state index contributed by atoms with van der Waals surface area (Å²) in [5.74, 6) is -1.18. The number of hydrogen-bond acceptors (Lipinski definition) is 2. The first kappa shape index (κ1) is 12.4. The third-order valence-corrected chi connectivity index (χ3v) is 2.18. The highest BCUT2D eigenvalue weighted by Crippen LogP contribution is 2.12. The van der Waals surface area contributed by atoms with Gasteiger partial charge < -0.3 is 9.84 Å². The average Bonchev–Trinajstić information content (AvgIpc) is 2.11. The van der Waals surface area contributed by atoms with Gasteiger partial charge in [0.25, 0.3) is 0 Å². The molecule has 0 bridgehead atoms. The average molecular weight is 188 g/mol. The van der Waals surface area contributed by atoms with E-state index in [1.54, 1.807) is 6.92 Å². The van der Waals surface area contributed by atoms with Crippen LogP contribution in [0.15, 0.2) is 0 Å². The van der Waals surface area contributed by atoms with Gasteiger partial charge in [0, 0.05) is 6.61 Å². The number of rotatable bonds is 7. The molecule has 1 N–H and O–H groups in total. The molecule has 3 heteroatoms. The third-order valence-electron chi connectivity index (χ3n) is 2.18. The van der Waals surface area contributed by atoms with Gasteiger partial charge in [-0.3, -0.25) is 4.79 Å². The second-order valence-electron chi connectivity index (χ2n) is 3.30. The Morgan fingerprint density at radius 3 is 2.46 bits per heavy atom. The van der Waals surface area contributed by atoms with Crippen LogP contribution in [0.4, 0.5) is 0 Å². The Kier molecular flexibility index (Phi) is 6.59. The smallest absolute Gasteiger partial charge is 0.308 e. The van der Waals surface area contributed by atoms with E-state index in [1.165, 1.54) is 0 Å². The fourth-order valence-electron chi connectivity index (χ4n) is 1.15. The molecule has 0 radical (unpaired) electrons. The number of unbranched alkanes of at least 4 members (excludes halogenated alkanes) is 1. The van der Waals surface area contributed by atoms with Crippen LogP contribution in [-0.2, 0) is 9.53 Å². The van der Waals surface area contributed by atoms with Crippen molar-refractivity contribution in [3.05, 3.63) is 0 Å². The molecule has 0 saturated carbocycles.